The Labute approximate surface area is 104 Å². The number of carboxylic acids is 1. The van der Waals surface area contributed by atoms with Gasteiger partial charge in [0.05, 0.1) is 6.54 Å². The van der Waals surface area contributed by atoms with Crippen molar-refractivity contribution in [1.82, 2.24) is 20.4 Å². The molecule has 18 heavy (non-hydrogen) atoms. The second kappa shape index (κ2) is 6.58. The van der Waals surface area contributed by atoms with Crippen molar-refractivity contribution in [1.29, 1.82) is 0 Å². The fraction of sp³-hybridized carbons (Fsp3) is 0.600. The summed E-state index contributed by atoms with van der Waals surface area (Å²) in [5, 5.41) is 14.9. The van der Waals surface area contributed by atoms with Gasteiger partial charge in [0.1, 0.15) is 6.54 Å². The average Bonchev–Trinajstić information content (AvgIpc) is 2.85. The molecule has 0 aliphatic carbocycles. The van der Waals surface area contributed by atoms with Crippen molar-refractivity contribution in [3.8, 4) is 0 Å². The molecule has 8 heteroatoms. The lowest BCUT2D eigenvalue weighted by atomic mass is 10.2. The second-order valence-corrected chi connectivity index (χ2v) is 3.79. The normalized spacial score (nSPS) is 11.9. The molecular formula is C10H16N4O4. The third kappa shape index (κ3) is 4.04. The van der Waals surface area contributed by atoms with Gasteiger partial charge in [0.25, 0.3) is 0 Å². The molecule has 0 spiro atoms. The molecule has 2 N–H and O–H groups in total. The van der Waals surface area contributed by atoms with Crippen LogP contribution in [0.4, 0.5) is 4.79 Å². The van der Waals surface area contributed by atoms with E-state index in [2.05, 4.69) is 20.0 Å². The van der Waals surface area contributed by atoms with Gasteiger partial charge in [-0.25, -0.2) is 4.79 Å². The summed E-state index contributed by atoms with van der Waals surface area (Å²) >= 11 is 0. The van der Waals surface area contributed by atoms with Crippen molar-refractivity contribution in [2.75, 3.05) is 6.54 Å². The minimum absolute atomic E-state index is 0.0991. The van der Waals surface area contributed by atoms with Crippen molar-refractivity contribution in [3.63, 3.8) is 0 Å². The number of nitrogens with one attached hydrogen (secondary N) is 1. The first-order chi connectivity index (χ1) is 8.54. The van der Waals surface area contributed by atoms with Crippen LogP contribution in [0.1, 0.15) is 26.1 Å². The lowest BCUT2D eigenvalue weighted by Gasteiger charge is -2.26. The van der Waals surface area contributed by atoms with Crippen LogP contribution in [0.15, 0.2) is 10.9 Å². The maximum atomic E-state index is 11.8. The largest absolute Gasteiger partial charge is 0.480 e. The van der Waals surface area contributed by atoms with E-state index in [9.17, 15) is 9.59 Å². The first-order valence-corrected chi connectivity index (χ1v) is 5.56. The van der Waals surface area contributed by atoms with Crippen LogP contribution in [-0.2, 0) is 11.3 Å². The summed E-state index contributed by atoms with van der Waals surface area (Å²) < 4.78 is 4.52. The lowest BCUT2D eigenvalue weighted by molar-refractivity contribution is -0.138. The van der Waals surface area contributed by atoms with Crippen LogP contribution in [0.3, 0.4) is 0 Å². The summed E-state index contributed by atoms with van der Waals surface area (Å²) in [6, 6.07) is -0.622. The van der Waals surface area contributed by atoms with Gasteiger partial charge in [-0.2, -0.15) is 4.98 Å². The highest BCUT2D eigenvalue weighted by Crippen LogP contribution is 2.04. The van der Waals surface area contributed by atoms with Crippen LogP contribution in [0.5, 0.6) is 0 Å². The van der Waals surface area contributed by atoms with Gasteiger partial charge in [0, 0.05) is 6.04 Å². The van der Waals surface area contributed by atoms with E-state index in [1.165, 1.54) is 4.90 Å². The third-order valence-electron chi connectivity index (χ3n) is 2.49. The monoisotopic (exact) mass is 256 g/mol. The zero-order chi connectivity index (χ0) is 13.5. The topological polar surface area (TPSA) is 109 Å². The fourth-order valence-corrected chi connectivity index (χ4v) is 1.32. The maximum Gasteiger partial charge on any atom is 0.323 e. The standard InChI is InChI=1S/C10H16N4O4/c1-3-7(2)14(5-9(15)16)10(17)11-4-8-12-6-18-13-8/h6-7H,3-5H2,1-2H3,(H,11,17)(H,15,16). The molecule has 1 unspecified atom stereocenters. The summed E-state index contributed by atoms with van der Waals surface area (Å²) in [5.74, 6) is -0.715. The fourth-order valence-electron chi connectivity index (χ4n) is 1.32. The number of carbonyl (C=O) groups is 2. The Bertz CT molecular complexity index is 393. The lowest BCUT2D eigenvalue weighted by Crippen LogP contribution is -2.47. The summed E-state index contributed by atoms with van der Waals surface area (Å²) in [6.45, 7) is 3.43. The van der Waals surface area contributed by atoms with Gasteiger partial charge in [0.2, 0.25) is 6.39 Å². The van der Waals surface area contributed by atoms with Gasteiger partial charge < -0.3 is 19.8 Å². The molecule has 1 aromatic rings. The molecule has 1 atom stereocenters. The number of urea groups is 1. The quantitative estimate of drug-likeness (QED) is 0.765. The van der Waals surface area contributed by atoms with Gasteiger partial charge in [-0.1, -0.05) is 12.1 Å². The molecular weight excluding hydrogens is 240 g/mol. The molecule has 0 aliphatic rings. The Morgan fingerprint density at radius 1 is 1.61 bits per heavy atom. The number of hydrogen-bond acceptors (Lipinski definition) is 5. The minimum atomic E-state index is -1.05. The third-order valence-corrected chi connectivity index (χ3v) is 2.49. The zero-order valence-corrected chi connectivity index (χ0v) is 10.3. The van der Waals surface area contributed by atoms with Crippen molar-refractivity contribution in [2.24, 2.45) is 0 Å². The van der Waals surface area contributed by atoms with Crippen molar-refractivity contribution in [2.45, 2.75) is 32.9 Å². The molecule has 0 bridgehead atoms. The number of nitrogens with zero attached hydrogens (tertiary/aromatic N) is 3. The van der Waals surface area contributed by atoms with Crippen molar-refractivity contribution >= 4 is 12.0 Å². The number of amides is 2. The maximum absolute atomic E-state index is 11.8. The van der Waals surface area contributed by atoms with Crippen molar-refractivity contribution < 1.29 is 19.2 Å². The van der Waals surface area contributed by atoms with E-state index in [1.807, 2.05) is 6.92 Å². The highest BCUT2D eigenvalue weighted by Gasteiger charge is 2.21. The summed E-state index contributed by atoms with van der Waals surface area (Å²) in [4.78, 5) is 27.5. The van der Waals surface area contributed by atoms with Crippen LogP contribution >= 0.6 is 0 Å². The van der Waals surface area contributed by atoms with Gasteiger partial charge >= 0.3 is 12.0 Å². The molecule has 8 nitrogen and oxygen atoms in total. The molecule has 100 valence electrons. The first-order valence-electron chi connectivity index (χ1n) is 5.56. The molecule has 0 saturated heterocycles. The SMILES string of the molecule is CCC(C)N(CC(=O)O)C(=O)NCc1ncon1. The average molecular weight is 256 g/mol. The highest BCUT2D eigenvalue weighted by atomic mass is 16.5. The molecule has 0 fully saturated rings. The smallest absolute Gasteiger partial charge is 0.323 e. The predicted molar refractivity (Wildman–Crippen MR) is 60.6 cm³/mol. The molecule has 1 aromatic heterocycles. The molecule has 0 aromatic carbocycles. The molecule has 1 heterocycles. The molecule has 1 rings (SSSR count). The number of rotatable bonds is 6. The van der Waals surface area contributed by atoms with Gasteiger partial charge in [-0.15, -0.1) is 0 Å². The Kier molecular flexibility index (Phi) is 5.09. The molecule has 0 radical (unpaired) electrons. The van der Waals surface area contributed by atoms with Crippen LogP contribution in [-0.4, -0.2) is 44.7 Å². The van der Waals surface area contributed by atoms with E-state index in [1.54, 1.807) is 6.92 Å². The Morgan fingerprint density at radius 3 is 2.83 bits per heavy atom. The molecule has 0 aliphatic heterocycles. The number of aromatic nitrogens is 2. The predicted octanol–water partition coefficient (Wildman–Crippen LogP) is 0.464. The first kappa shape index (κ1) is 13.9. The number of aliphatic carboxylic acids is 1. The van der Waals surface area contributed by atoms with E-state index in [0.717, 1.165) is 6.39 Å². The summed E-state index contributed by atoms with van der Waals surface area (Å²) in [7, 11) is 0. The molecule has 2 amide bonds. The second-order valence-electron chi connectivity index (χ2n) is 3.79. The number of carboxylic acid groups (broad SMARTS) is 1. The van der Waals surface area contributed by atoms with E-state index in [4.69, 9.17) is 5.11 Å². The van der Waals surface area contributed by atoms with E-state index < -0.39 is 12.0 Å². The van der Waals surface area contributed by atoms with Crippen LogP contribution in [0.25, 0.3) is 0 Å². The van der Waals surface area contributed by atoms with Gasteiger partial charge in [0.15, 0.2) is 5.82 Å². The zero-order valence-electron chi connectivity index (χ0n) is 10.3. The van der Waals surface area contributed by atoms with Gasteiger partial charge in [-0.05, 0) is 13.3 Å². The Balaban J connectivity index is 2.55. The van der Waals surface area contributed by atoms with Crippen molar-refractivity contribution in [3.05, 3.63) is 12.2 Å². The van der Waals surface area contributed by atoms with E-state index >= 15 is 0 Å². The number of carbonyl (C=O) groups excluding carboxylic acids is 1. The van der Waals surface area contributed by atoms with E-state index in [-0.39, 0.29) is 19.1 Å². The highest BCUT2D eigenvalue weighted by molar-refractivity contribution is 5.80. The molecule has 0 saturated carbocycles. The number of hydrogen-bond donors (Lipinski definition) is 2. The van der Waals surface area contributed by atoms with Crippen LogP contribution in [0, 0.1) is 0 Å². The van der Waals surface area contributed by atoms with E-state index in [0.29, 0.717) is 12.2 Å². The Hall–Kier alpha value is -2.12. The summed E-state index contributed by atoms with van der Waals surface area (Å²) in [5.41, 5.74) is 0. The van der Waals surface area contributed by atoms with Gasteiger partial charge in [-0.3, -0.25) is 4.79 Å². The van der Waals surface area contributed by atoms with Crippen LogP contribution in [0.2, 0.25) is 0 Å². The Morgan fingerprint density at radius 2 is 2.33 bits per heavy atom. The van der Waals surface area contributed by atoms with Crippen LogP contribution < -0.4 is 5.32 Å². The minimum Gasteiger partial charge on any atom is -0.480 e. The summed E-state index contributed by atoms with van der Waals surface area (Å²) in [6.07, 6.45) is 1.83.